The lowest BCUT2D eigenvalue weighted by molar-refractivity contribution is -0.384. The summed E-state index contributed by atoms with van der Waals surface area (Å²) in [6, 6.07) is 4.88. The predicted molar refractivity (Wildman–Crippen MR) is 120 cm³/mol. The van der Waals surface area contributed by atoms with Crippen LogP contribution in [0.3, 0.4) is 0 Å². The molecule has 0 aliphatic heterocycles. The molecular weight excluding hydrogens is 470 g/mol. The fraction of sp³-hybridized carbons (Fsp3) is 0.571. The number of carbonyl (C=O) groups excluding carboxylic acids is 3. The summed E-state index contributed by atoms with van der Waals surface area (Å²) in [7, 11) is 0. The fourth-order valence-corrected chi connectivity index (χ4v) is 2.21. The molecule has 0 atom stereocenters. The van der Waals surface area contributed by atoms with Crippen LogP contribution >= 0.6 is 0 Å². The van der Waals surface area contributed by atoms with Crippen LogP contribution in [0.2, 0.25) is 0 Å². The second-order valence-electron chi connectivity index (χ2n) is 7.63. The highest BCUT2D eigenvalue weighted by atomic mass is 16.8. The average molecular weight is 501 g/mol. The van der Waals surface area contributed by atoms with Crippen LogP contribution in [0.25, 0.3) is 0 Å². The number of nitrogens with zero attached hydrogens (tertiary/aromatic N) is 2. The van der Waals surface area contributed by atoms with Gasteiger partial charge in [-0.05, 0) is 39.8 Å². The zero-order valence-corrected chi connectivity index (χ0v) is 20.1. The summed E-state index contributed by atoms with van der Waals surface area (Å²) in [5.74, 6) is 0.0723. The van der Waals surface area contributed by atoms with E-state index in [9.17, 15) is 24.5 Å². The first-order chi connectivity index (χ1) is 16.5. The number of rotatable bonds is 13. The summed E-state index contributed by atoms with van der Waals surface area (Å²) < 4.78 is 25.0. The third-order valence-corrected chi connectivity index (χ3v) is 3.66. The van der Waals surface area contributed by atoms with Crippen molar-refractivity contribution in [3.05, 3.63) is 34.4 Å². The van der Waals surface area contributed by atoms with E-state index < -0.39 is 28.9 Å². The van der Waals surface area contributed by atoms with Crippen molar-refractivity contribution >= 4 is 24.0 Å². The quantitative estimate of drug-likeness (QED) is 0.105. The van der Waals surface area contributed by atoms with Gasteiger partial charge in [0.05, 0.1) is 18.1 Å². The first kappa shape index (κ1) is 29.4. The molecule has 0 fully saturated rings. The molecule has 196 valence electrons. The van der Waals surface area contributed by atoms with E-state index in [1.807, 2.05) is 0 Å². The minimum Gasteiger partial charge on any atom is -0.445 e. The maximum Gasteiger partial charge on any atom is 0.513 e. The van der Waals surface area contributed by atoms with Crippen molar-refractivity contribution in [1.82, 2.24) is 10.4 Å². The molecule has 0 saturated carbocycles. The fourth-order valence-electron chi connectivity index (χ4n) is 2.21. The minimum absolute atomic E-state index is 0.0385. The highest BCUT2D eigenvalue weighted by Crippen LogP contribution is 2.17. The number of nitro benzene ring substituents is 1. The van der Waals surface area contributed by atoms with Gasteiger partial charge in [0.1, 0.15) is 31.2 Å². The van der Waals surface area contributed by atoms with E-state index >= 15 is 0 Å². The van der Waals surface area contributed by atoms with Gasteiger partial charge in [-0.25, -0.2) is 14.4 Å². The Bertz CT molecular complexity index is 825. The number of amides is 2. The van der Waals surface area contributed by atoms with E-state index in [4.69, 9.17) is 28.5 Å². The number of hydrogen-bond donors (Lipinski definition) is 1. The molecule has 0 aliphatic carbocycles. The van der Waals surface area contributed by atoms with Gasteiger partial charge < -0.3 is 29.0 Å². The zero-order valence-electron chi connectivity index (χ0n) is 20.1. The van der Waals surface area contributed by atoms with Crippen molar-refractivity contribution in [2.45, 2.75) is 33.3 Å². The first-order valence-electron chi connectivity index (χ1n) is 10.7. The van der Waals surface area contributed by atoms with Crippen LogP contribution in [0.15, 0.2) is 24.3 Å². The molecule has 1 aromatic rings. The van der Waals surface area contributed by atoms with Gasteiger partial charge in [-0.15, -0.1) is 0 Å². The van der Waals surface area contributed by atoms with Crippen molar-refractivity contribution in [3.8, 4) is 5.75 Å². The number of benzene rings is 1. The highest BCUT2D eigenvalue weighted by Gasteiger charge is 2.16. The van der Waals surface area contributed by atoms with E-state index in [0.717, 1.165) is 5.06 Å². The van der Waals surface area contributed by atoms with Crippen molar-refractivity contribution in [3.63, 3.8) is 0 Å². The van der Waals surface area contributed by atoms with Crippen LogP contribution in [-0.2, 0) is 23.8 Å². The van der Waals surface area contributed by atoms with Crippen molar-refractivity contribution in [2.24, 2.45) is 0 Å². The number of nitrogens with one attached hydrogen (secondary N) is 1. The smallest absolute Gasteiger partial charge is 0.445 e. The maximum absolute atomic E-state index is 12.0. The molecule has 0 saturated heterocycles. The number of alkyl carbamates (subject to hydrolysis) is 1. The number of carbonyl (C=O) groups is 3. The third kappa shape index (κ3) is 13.6. The Morgan fingerprint density at radius 3 is 2.26 bits per heavy atom. The normalized spacial score (nSPS) is 10.7. The van der Waals surface area contributed by atoms with Crippen molar-refractivity contribution in [2.75, 3.05) is 46.1 Å². The summed E-state index contributed by atoms with van der Waals surface area (Å²) in [5.41, 5.74) is -0.732. The minimum atomic E-state index is -1.04. The van der Waals surface area contributed by atoms with Crippen LogP contribution < -0.4 is 10.1 Å². The predicted octanol–water partition coefficient (Wildman–Crippen LogP) is 3.04. The largest absolute Gasteiger partial charge is 0.513 e. The second-order valence-corrected chi connectivity index (χ2v) is 7.63. The molecule has 0 spiro atoms. The standard InChI is InChI=1S/C21H31N3O11/c1-5-23(19(26)31-13-12-30-11-10-22-18(25)35-21(2,3)4)33-15-14-32-20(27)34-17-8-6-16(7-9-17)24(28)29/h6-9H,5,10-15H2,1-4H3,(H,22,25). The van der Waals surface area contributed by atoms with Gasteiger partial charge >= 0.3 is 18.3 Å². The molecule has 1 aromatic carbocycles. The Hall–Kier alpha value is -3.65. The Kier molecular flexibility index (Phi) is 12.8. The average Bonchev–Trinajstić information content (AvgIpc) is 2.77. The van der Waals surface area contributed by atoms with Crippen molar-refractivity contribution in [1.29, 1.82) is 0 Å². The Balaban J connectivity index is 2.14. The molecule has 0 heterocycles. The van der Waals surface area contributed by atoms with Crippen LogP contribution in [0.1, 0.15) is 27.7 Å². The SMILES string of the molecule is CCN(OCCOC(=O)Oc1ccc([N+](=O)[O-])cc1)C(=O)OCCOCCNC(=O)OC(C)(C)C. The van der Waals surface area contributed by atoms with Crippen molar-refractivity contribution < 1.29 is 47.8 Å². The summed E-state index contributed by atoms with van der Waals surface area (Å²) >= 11 is 0. The highest BCUT2D eigenvalue weighted by molar-refractivity contribution is 5.67. The van der Waals surface area contributed by atoms with Gasteiger partial charge in [0, 0.05) is 25.2 Å². The number of nitro groups is 1. The number of ether oxygens (including phenoxy) is 5. The molecule has 0 aliphatic rings. The van der Waals surface area contributed by atoms with E-state index in [2.05, 4.69) is 5.32 Å². The topological polar surface area (TPSA) is 165 Å². The molecule has 1 rings (SSSR count). The molecule has 1 N–H and O–H groups in total. The molecule has 0 aromatic heterocycles. The number of hydrogen-bond acceptors (Lipinski definition) is 11. The zero-order chi connectivity index (χ0) is 26.3. The summed E-state index contributed by atoms with van der Waals surface area (Å²) in [5, 5.41) is 14.1. The van der Waals surface area contributed by atoms with Gasteiger partial charge in [-0.1, -0.05) is 0 Å². The van der Waals surface area contributed by atoms with Gasteiger partial charge in [0.15, 0.2) is 0 Å². The summed E-state index contributed by atoms with van der Waals surface area (Å²) in [6.45, 7) is 7.24. The number of non-ortho nitro benzene ring substituents is 1. The maximum atomic E-state index is 12.0. The monoisotopic (exact) mass is 501 g/mol. The molecule has 35 heavy (non-hydrogen) atoms. The van der Waals surface area contributed by atoms with E-state index in [-0.39, 0.29) is 57.6 Å². The lowest BCUT2D eigenvalue weighted by atomic mass is 10.2. The van der Waals surface area contributed by atoms with Gasteiger partial charge in [0.2, 0.25) is 0 Å². The molecular formula is C21H31N3O11. The molecule has 0 radical (unpaired) electrons. The molecule has 14 heteroatoms. The summed E-state index contributed by atoms with van der Waals surface area (Å²) in [6.07, 6.45) is -2.34. The van der Waals surface area contributed by atoms with E-state index in [1.165, 1.54) is 24.3 Å². The number of hydroxylamine groups is 2. The summed E-state index contributed by atoms with van der Waals surface area (Å²) in [4.78, 5) is 50.3. The van der Waals surface area contributed by atoms with Crippen LogP contribution in [0.5, 0.6) is 5.75 Å². The second kappa shape index (κ2) is 15.3. The Labute approximate surface area is 202 Å². The van der Waals surface area contributed by atoms with E-state index in [0.29, 0.717) is 0 Å². The Morgan fingerprint density at radius 2 is 1.66 bits per heavy atom. The molecule has 2 amide bonds. The Morgan fingerprint density at radius 1 is 1.00 bits per heavy atom. The lowest BCUT2D eigenvalue weighted by Gasteiger charge is -2.20. The van der Waals surface area contributed by atoms with Crippen LogP contribution in [-0.4, -0.2) is 80.1 Å². The molecule has 0 bridgehead atoms. The van der Waals surface area contributed by atoms with Crippen LogP contribution in [0, 0.1) is 10.1 Å². The third-order valence-electron chi connectivity index (χ3n) is 3.66. The molecule has 0 unspecified atom stereocenters. The van der Waals surface area contributed by atoms with Gasteiger partial charge in [-0.2, -0.15) is 5.06 Å². The lowest BCUT2D eigenvalue weighted by Crippen LogP contribution is -2.35. The molecule has 14 nitrogen and oxygen atoms in total. The van der Waals surface area contributed by atoms with Gasteiger partial charge in [0.25, 0.3) is 5.69 Å². The van der Waals surface area contributed by atoms with Gasteiger partial charge in [-0.3, -0.25) is 15.0 Å². The first-order valence-corrected chi connectivity index (χ1v) is 10.7. The van der Waals surface area contributed by atoms with Crippen LogP contribution in [0.4, 0.5) is 20.1 Å². The van der Waals surface area contributed by atoms with E-state index in [1.54, 1.807) is 27.7 Å².